The monoisotopic (exact) mass is 681 g/mol. The highest BCUT2D eigenvalue weighted by atomic mass is 32.2. The molecular formula is C37H35N3O6S2. The van der Waals surface area contributed by atoms with Crippen molar-refractivity contribution in [3.8, 4) is 11.5 Å². The molecule has 0 spiro atoms. The van der Waals surface area contributed by atoms with Crippen molar-refractivity contribution >= 4 is 52.2 Å². The Labute approximate surface area is 286 Å². The second-order valence-corrected chi connectivity index (χ2v) is 15.3. The van der Waals surface area contributed by atoms with Crippen LogP contribution in [0.1, 0.15) is 40.8 Å². The van der Waals surface area contributed by atoms with Crippen LogP contribution in [0.15, 0.2) is 76.6 Å². The van der Waals surface area contributed by atoms with E-state index in [4.69, 9.17) is 9.47 Å². The molecule has 8 rings (SSSR count). The molecule has 2 saturated carbocycles. The van der Waals surface area contributed by atoms with Crippen LogP contribution in [0.4, 0.5) is 11.4 Å². The van der Waals surface area contributed by atoms with Crippen LogP contribution in [-0.4, -0.2) is 41.2 Å². The molecule has 246 valence electrons. The second kappa shape index (κ2) is 12.0. The molecule has 3 heterocycles. The zero-order valence-electron chi connectivity index (χ0n) is 26.7. The van der Waals surface area contributed by atoms with Crippen molar-refractivity contribution in [1.82, 2.24) is 4.98 Å². The summed E-state index contributed by atoms with van der Waals surface area (Å²) in [7, 11) is 0. The van der Waals surface area contributed by atoms with Crippen molar-refractivity contribution in [1.29, 1.82) is 0 Å². The fourth-order valence-electron chi connectivity index (χ4n) is 8.49. The third-order valence-electron chi connectivity index (χ3n) is 10.4. The third-order valence-corrected chi connectivity index (χ3v) is 13.0. The Morgan fingerprint density at radius 1 is 0.938 bits per heavy atom. The number of benzene rings is 3. The van der Waals surface area contributed by atoms with Gasteiger partial charge in [0.15, 0.2) is 18.1 Å². The Balaban J connectivity index is 1.10. The number of amides is 3. The van der Waals surface area contributed by atoms with Crippen molar-refractivity contribution in [2.45, 2.75) is 43.4 Å². The van der Waals surface area contributed by atoms with Gasteiger partial charge in [-0.05, 0) is 86.4 Å². The quantitative estimate of drug-likeness (QED) is 0.214. The number of carbonyl (C=O) groups excluding carboxylic acids is 3. The first-order valence-electron chi connectivity index (χ1n) is 16.3. The van der Waals surface area contributed by atoms with Gasteiger partial charge in [-0.1, -0.05) is 53.3 Å². The van der Waals surface area contributed by atoms with Crippen molar-refractivity contribution in [2.24, 2.45) is 29.6 Å². The smallest absolute Gasteiger partial charge is 0.305 e. The number of thiazole rings is 1. The van der Waals surface area contributed by atoms with E-state index in [9.17, 15) is 19.2 Å². The summed E-state index contributed by atoms with van der Waals surface area (Å²) >= 11 is 2.88. The molecule has 4 aromatic rings. The first-order valence-corrected chi connectivity index (χ1v) is 18.0. The van der Waals surface area contributed by atoms with Gasteiger partial charge in [0, 0.05) is 21.7 Å². The molecule has 2 aliphatic carbocycles. The fraction of sp³-hybridized carbons (Fsp3) is 0.351. The molecule has 2 bridgehead atoms. The number of rotatable bonds is 8. The van der Waals surface area contributed by atoms with Gasteiger partial charge >= 0.3 is 4.87 Å². The van der Waals surface area contributed by atoms with Gasteiger partial charge in [-0.2, -0.15) is 0 Å². The number of hydrogen-bond acceptors (Lipinski definition) is 8. The summed E-state index contributed by atoms with van der Waals surface area (Å²) in [5.41, 5.74) is 4.34. The van der Waals surface area contributed by atoms with E-state index in [0.29, 0.717) is 23.8 Å². The Morgan fingerprint density at radius 3 is 2.44 bits per heavy atom. The number of para-hydroxylation sites is 1. The van der Waals surface area contributed by atoms with Crippen molar-refractivity contribution in [3.05, 3.63) is 98.0 Å². The van der Waals surface area contributed by atoms with E-state index < -0.39 is 0 Å². The molecule has 2 aliphatic heterocycles. The molecule has 6 unspecified atom stereocenters. The van der Waals surface area contributed by atoms with E-state index in [-0.39, 0.29) is 70.0 Å². The molecule has 2 N–H and O–H groups in total. The number of aryl methyl sites for hydroxylation is 2. The number of ether oxygens (including phenoxy) is 2. The summed E-state index contributed by atoms with van der Waals surface area (Å²) in [5.74, 6) is -0.366. The molecule has 3 aromatic carbocycles. The van der Waals surface area contributed by atoms with Crippen LogP contribution in [0.25, 0.3) is 0 Å². The standard InChI is InChI=1S/C37H35N3O6S2/c1-4-45-26-15-20(11-14-25(26)46-17-27(41)38-24-8-6-5-7-19(24)3)28-29-22-16-23(32(29)47-34-33(28)48-37(44)39-34)31-30(22)35(42)40(36(31)43)21-12-9-18(2)10-13-21/h5-15,22-23,28-32H,4,16-17H2,1-3H3,(H,38,41)(H,39,44)/t22?,23?,28-,29?,30?,31?,32?/m1/s1. The Bertz CT molecular complexity index is 2000. The number of H-pyrrole nitrogens is 1. The zero-order valence-corrected chi connectivity index (χ0v) is 28.4. The number of imide groups is 1. The molecule has 48 heavy (non-hydrogen) atoms. The van der Waals surface area contributed by atoms with Crippen molar-refractivity contribution in [3.63, 3.8) is 0 Å². The number of hydrogen-bond donors (Lipinski definition) is 2. The summed E-state index contributed by atoms with van der Waals surface area (Å²) in [4.78, 5) is 58.8. The first kappa shape index (κ1) is 31.0. The summed E-state index contributed by atoms with van der Waals surface area (Å²) in [6.45, 7) is 6.01. The molecule has 1 aromatic heterocycles. The lowest BCUT2D eigenvalue weighted by atomic mass is 9.68. The van der Waals surface area contributed by atoms with Gasteiger partial charge in [0.05, 0.1) is 29.2 Å². The molecule has 9 nitrogen and oxygen atoms in total. The van der Waals surface area contributed by atoms with Crippen LogP contribution >= 0.6 is 23.1 Å². The molecule has 4 aliphatic rings. The summed E-state index contributed by atoms with van der Waals surface area (Å²) < 4.78 is 12.0. The van der Waals surface area contributed by atoms with Gasteiger partial charge in [-0.3, -0.25) is 24.1 Å². The predicted molar refractivity (Wildman–Crippen MR) is 185 cm³/mol. The minimum atomic E-state index is -0.383. The number of nitrogens with zero attached hydrogens (tertiary/aromatic N) is 1. The molecule has 0 radical (unpaired) electrons. The van der Waals surface area contributed by atoms with Gasteiger partial charge in [0.2, 0.25) is 11.8 Å². The lowest BCUT2D eigenvalue weighted by Gasteiger charge is -2.43. The lowest BCUT2D eigenvalue weighted by molar-refractivity contribution is -0.123. The van der Waals surface area contributed by atoms with Crippen molar-refractivity contribution in [2.75, 3.05) is 23.4 Å². The molecular weight excluding hydrogens is 647 g/mol. The lowest BCUT2D eigenvalue weighted by Crippen LogP contribution is -2.42. The molecule has 3 amide bonds. The predicted octanol–water partition coefficient (Wildman–Crippen LogP) is 6.15. The number of thioether (sulfide) groups is 1. The number of anilines is 2. The Kier molecular flexibility index (Phi) is 7.71. The SMILES string of the molecule is CCOc1cc([C@H]2c3sc(=O)[nH]c3SC3C4CC(C5C(=O)N(c6ccc(C)cc6)C(=O)C45)C32)ccc1OCC(=O)Nc1ccccc1C. The molecule has 7 atom stereocenters. The topological polar surface area (TPSA) is 118 Å². The van der Waals surface area contributed by atoms with Crippen LogP contribution in [0.3, 0.4) is 0 Å². The maximum Gasteiger partial charge on any atom is 0.305 e. The maximum absolute atomic E-state index is 14.1. The summed E-state index contributed by atoms with van der Waals surface area (Å²) in [6.07, 6.45) is 0.808. The number of carbonyl (C=O) groups is 3. The highest BCUT2D eigenvalue weighted by Gasteiger charge is 2.69. The minimum absolute atomic E-state index is 0.00337. The van der Waals surface area contributed by atoms with E-state index in [2.05, 4.69) is 10.3 Å². The van der Waals surface area contributed by atoms with Crippen molar-refractivity contribution < 1.29 is 23.9 Å². The van der Waals surface area contributed by atoms with Crippen LogP contribution in [0.5, 0.6) is 11.5 Å². The molecule has 1 saturated heterocycles. The van der Waals surface area contributed by atoms with E-state index in [1.807, 2.05) is 87.5 Å². The third kappa shape index (κ3) is 4.97. The first-order chi connectivity index (χ1) is 23.2. The molecule has 11 heteroatoms. The average molecular weight is 682 g/mol. The van der Waals surface area contributed by atoms with Crippen LogP contribution in [0, 0.1) is 43.4 Å². The summed E-state index contributed by atoms with van der Waals surface area (Å²) in [6, 6.07) is 20.9. The normalized spacial score (nSPS) is 26.6. The number of aromatic amines is 1. The highest BCUT2D eigenvalue weighted by Crippen LogP contribution is 2.68. The highest BCUT2D eigenvalue weighted by molar-refractivity contribution is 8.00. The van der Waals surface area contributed by atoms with E-state index in [0.717, 1.165) is 38.7 Å². The number of aromatic nitrogens is 1. The minimum Gasteiger partial charge on any atom is -0.490 e. The van der Waals surface area contributed by atoms with Gasteiger partial charge in [0.1, 0.15) is 0 Å². The molecule has 3 fully saturated rings. The van der Waals surface area contributed by atoms with E-state index in [1.54, 1.807) is 11.8 Å². The van der Waals surface area contributed by atoms with Crippen LogP contribution in [-0.2, 0) is 14.4 Å². The fourth-order valence-corrected chi connectivity index (χ4v) is 11.4. The van der Waals surface area contributed by atoms with Crippen LogP contribution < -0.4 is 24.6 Å². The Hall–Kier alpha value is -4.35. The average Bonchev–Trinajstić information content (AvgIpc) is 3.81. The maximum atomic E-state index is 14.1. The van der Waals surface area contributed by atoms with Crippen LogP contribution in [0.2, 0.25) is 0 Å². The van der Waals surface area contributed by atoms with Gasteiger partial charge in [-0.25, -0.2) is 0 Å². The van der Waals surface area contributed by atoms with E-state index >= 15 is 0 Å². The zero-order chi connectivity index (χ0) is 33.3. The summed E-state index contributed by atoms with van der Waals surface area (Å²) in [5, 5.41) is 3.82. The van der Waals surface area contributed by atoms with Gasteiger partial charge in [0.25, 0.3) is 5.91 Å². The second-order valence-electron chi connectivity index (χ2n) is 13.1. The largest absolute Gasteiger partial charge is 0.490 e. The number of nitrogens with one attached hydrogen (secondary N) is 2. The van der Waals surface area contributed by atoms with E-state index in [1.165, 1.54) is 16.2 Å². The van der Waals surface area contributed by atoms with Gasteiger partial charge in [-0.15, -0.1) is 11.8 Å². The number of fused-ring (bicyclic) bond motifs is 9. The van der Waals surface area contributed by atoms with Gasteiger partial charge < -0.3 is 19.8 Å². The Morgan fingerprint density at radius 2 is 1.69 bits per heavy atom.